The van der Waals surface area contributed by atoms with Gasteiger partial charge in [-0.1, -0.05) is 13.8 Å². The van der Waals surface area contributed by atoms with Gasteiger partial charge in [0.25, 0.3) is 0 Å². The second-order valence-corrected chi connectivity index (χ2v) is 11.1. The summed E-state index contributed by atoms with van der Waals surface area (Å²) in [6.45, 7) is 17.8. The van der Waals surface area contributed by atoms with Crippen LogP contribution in [0.5, 0.6) is 0 Å². The molecule has 0 aromatic rings. The molecule has 0 aromatic heterocycles. The largest absolute Gasteiger partial charge is 0.598 e. The zero-order chi connectivity index (χ0) is 18.2. The van der Waals surface area contributed by atoms with Crippen molar-refractivity contribution >= 4 is 17.5 Å². The van der Waals surface area contributed by atoms with Crippen molar-refractivity contribution in [3.05, 3.63) is 0 Å². The van der Waals surface area contributed by atoms with E-state index in [0.717, 1.165) is 6.42 Å². The lowest BCUT2D eigenvalue weighted by molar-refractivity contribution is -0.0142. The van der Waals surface area contributed by atoms with E-state index in [1.54, 1.807) is 0 Å². The molecule has 1 amide bonds. The Bertz CT molecular complexity index is 427. The first-order chi connectivity index (χ1) is 10.1. The Balaban J connectivity index is 2.56. The van der Waals surface area contributed by atoms with Crippen LogP contribution in [0.4, 0.5) is 4.79 Å². The first-order valence-corrected chi connectivity index (χ1v) is 9.47. The zero-order valence-electron chi connectivity index (χ0n) is 16.1. The number of carbonyl (C=O) groups is 1. The third kappa shape index (κ3) is 5.54. The Kier molecular flexibility index (Phi) is 6.09. The fourth-order valence-electron chi connectivity index (χ4n) is 2.93. The molecule has 1 rings (SSSR count). The van der Waals surface area contributed by atoms with Crippen molar-refractivity contribution in [1.29, 1.82) is 0 Å². The van der Waals surface area contributed by atoms with Gasteiger partial charge in [-0.3, -0.25) is 0 Å². The van der Waals surface area contributed by atoms with Crippen molar-refractivity contribution in [2.75, 3.05) is 0 Å². The Morgan fingerprint density at radius 2 is 1.78 bits per heavy atom. The lowest BCUT2D eigenvalue weighted by atomic mass is 9.56. The van der Waals surface area contributed by atoms with Crippen molar-refractivity contribution in [1.82, 2.24) is 10.0 Å². The number of amides is 1. The van der Waals surface area contributed by atoms with E-state index in [9.17, 15) is 9.35 Å². The number of nitrogens with one attached hydrogen (secondary N) is 2. The predicted molar refractivity (Wildman–Crippen MR) is 95.5 cm³/mol. The molecule has 0 spiro atoms. The molecule has 1 saturated carbocycles. The second kappa shape index (κ2) is 6.81. The smallest absolute Gasteiger partial charge is 0.407 e. The summed E-state index contributed by atoms with van der Waals surface area (Å²) in [6, 6.07) is 0.205. The molecule has 1 fully saturated rings. The van der Waals surface area contributed by atoms with Gasteiger partial charge in [-0.05, 0) is 66.2 Å². The quantitative estimate of drug-likeness (QED) is 0.766. The molecule has 2 N–H and O–H groups in total. The van der Waals surface area contributed by atoms with E-state index in [-0.39, 0.29) is 28.3 Å². The normalized spacial score (nSPS) is 26.9. The van der Waals surface area contributed by atoms with Crippen molar-refractivity contribution < 1.29 is 14.1 Å². The van der Waals surface area contributed by atoms with Crippen LogP contribution in [-0.2, 0) is 16.1 Å². The molecule has 136 valence electrons. The minimum absolute atomic E-state index is 0.0641. The predicted octanol–water partition coefficient (Wildman–Crippen LogP) is 3.37. The number of rotatable bonds is 4. The summed E-state index contributed by atoms with van der Waals surface area (Å²) in [6.07, 6.45) is 0.495. The Labute approximate surface area is 144 Å². The van der Waals surface area contributed by atoms with Crippen LogP contribution in [0.25, 0.3) is 0 Å². The summed E-state index contributed by atoms with van der Waals surface area (Å²) in [5.41, 5.74) is -0.554. The molecule has 0 aromatic carbocycles. The average Bonchev–Trinajstić information content (AvgIpc) is 2.30. The zero-order valence-corrected chi connectivity index (χ0v) is 16.9. The van der Waals surface area contributed by atoms with Crippen molar-refractivity contribution in [2.24, 2.45) is 11.3 Å². The highest BCUT2D eigenvalue weighted by Crippen LogP contribution is 2.48. The highest BCUT2D eigenvalue weighted by Gasteiger charge is 2.52. The van der Waals surface area contributed by atoms with E-state index in [1.165, 1.54) is 0 Å². The van der Waals surface area contributed by atoms with E-state index < -0.39 is 17.0 Å². The number of alkyl carbamates (subject to hydrolysis) is 1. The summed E-state index contributed by atoms with van der Waals surface area (Å²) in [5, 5.41) is 2.97. The molecule has 5 nitrogen and oxygen atoms in total. The molecule has 0 radical (unpaired) electrons. The summed E-state index contributed by atoms with van der Waals surface area (Å²) in [4.78, 5) is 11.9. The van der Waals surface area contributed by atoms with Crippen LogP contribution < -0.4 is 10.0 Å². The standard InChI is InChI=1S/C17H34N2O3S/c1-11(19-23(21)16(5,6)7)12-10-13(17(12,8)9)18-14(20)22-15(2,3)4/h11-13,19H,10H2,1-9H3,(H,18,20)/t11?,12-,13-,23?/m1/s1. The molecular weight excluding hydrogens is 312 g/mol. The fraction of sp³-hybridized carbons (Fsp3) is 0.941. The summed E-state index contributed by atoms with van der Waals surface area (Å²) >= 11 is -1.09. The number of hydrogen-bond donors (Lipinski definition) is 2. The molecule has 4 atom stereocenters. The van der Waals surface area contributed by atoms with Crippen LogP contribution in [0.2, 0.25) is 0 Å². The monoisotopic (exact) mass is 346 g/mol. The van der Waals surface area contributed by atoms with E-state index in [2.05, 4.69) is 30.8 Å². The van der Waals surface area contributed by atoms with Gasteiger partial charge in [0.15, 0.2) is 0 Å². The van der Waals surface area contributed by atoms with Gasteiger partial charge >= 0.3 is 6.09 Å². The molecule has 1 aliphatic rings. The Morgan fingerprint density at radius 3 is 2.17 bits per heavy atom. The first-order valence-electron chi connectivity index (χ1n) is 8.32. The molecule has 0 bridgehead atoms. The molecule has 0 heterocycles. The van der Waals surface area contributed by atoms with Crippen LogP contribution in [0.3, 0.4) is 0 Å². The van der Waals surface area contributed by atoms with E-state index in [4.69, 9.17) is 4.74 Å². The van der Waals surface area contributed by atoms with Gasteiger partial charge in [0.1, 0.15) is 10.3 Å². The van der Waals surface area contributed by atoms with Gasteiger partial charge in [0.2, 0.25) is 0 Å². The molecular formula is C17H34N2O3S. The highest BCUT2D eigenvalue weighted by atomic mass is 32.2. The molecule has 1 aliphatic carbocycles. The van der Waals surface area contributed by atoms with Gasteiger partial charge < -0.3 is 14.6 Å². The van der Waals surface area contributed by atoms with Crippen LogP contribution in [0.15, 0.2) is 0 Å². The Hall–Kier alpha value is -0.460. The van der Waals surface area contributed by atoms with E-state index >= 15 is 0 Å². The molecule has 0 aliphatic heterocycles. The van der Waals surface area contributed by atoms with Gasteiger partial charge in [-0.2, -0.15) is 0 Å². The van der Waals surface area contributed by atoms with Gasteiger partial charge in [-0.15, -0.1) is 4.72 Å². The van der Waals surface area contributed by atoms with Crippen molar-refractivity contribution in [3.63, 3.8) is 0 Å². The first kappa shape index (κ1) is 20.6. The minimum Gasteiger partial charge on any atom is -0.598 e. The third-order valence-electron chi connectivity index (χ3n) is 4.49. The van der Waals surface area contributed by atoms with Crippen LogP contribution in [0.1, 0.15) is 68.7 Å². The van der Waals surface area contributed by atoms with Crippen LogP contribution in [-0.4, -0.2) is 33.1 Å². The van der Waals surface area contributed by atoms with Crippen molar-refractivity contribution in [3.8, 4) is 0 Å². The highest BCUT2D eigenvalue weighted by molar-refractivity contribution is 7.90. The topological polar surface area (TPSA) is 73.4 Å². The van der Waals surface area contributed by atoms with Gasteiger partial charge in [-0.25, -0.2) is 4.79 Å². The summed E-state index contributed by atoms with van der Waals surface area (Å²) in [5.74, 6) is 0.355. The van der Waals surface area contributed by atoms with Gasteiger partial charge in [0, 0.05) is 17.4 Å². The lowest BCUT2D eigenvalue weighted by Gasteiger charge is -2.54. The van der Waals surface area contributed by atoms with E-state index in [0.29, 0.717) is 5.92 Å². The fourth-order valence-corrected chi connectivity index (χ4v) is 3.79. The second-order valence-electron chi connectivity index (χ2n) is 9.15. The third-order valence-corrected chi connectivity index (χ3v) is 6.19. The molecule has 23 heavy (non-hydrogen) atoms. The van der Waals surface area contributed by atoms with Crippen molar-refractivity contribution in [2.45, 2.75) is 91.2 Å². The summed E-state index contributed by atoms with van der Waals surface area (Å²) in [7, 11) is 0. The number of ether oxygens (including phenoxy) is 1. The van der Waals surface area contributed by atoms with Crippen LogP contribution in [0, 0.1) is 11.3 Å². The molecule has 2 unspecified atom stereocenters. The summed E-state index contributed by atoms with van der Waals surface area (Å²) < 4.78 is 20.5. The van der Waals surface area contributed by atoms with Crippen LogP contribution >= 0.6 is 0 Å². The number of hydrogen-bond acceptors (Lipinski definition) is 4. The SMILES string of the molecule is CC(N[S+]([O-])C(C)(C)C)[C@H]1C[C@@H](NC(=O)OC(C)(C)C)C1(C)C. The average molecular weight is 347 g/mol. The van der Waals surface area contributed by atoms with E-state index in [1.807, 2.05) is 41.5 Å². The minimum atomic E-state index is -1.09. The lowest BCUT2D eigenvalue weighted by Crippen LogP contribution is -2.64. The maximum absolute atomic E-state index is 12.3. The molecule has 6 heteroatoms. The van der Waals surface area contributed by atoms with Gasteiger partial charge in [0.05, 0.1) is 6.04 Å². The maximum Gasteiger partial charge on any atom is 0.407 e. The maximum atomic E-state index is 12.3. The number of carbonyl (C=O) groups excluding carboxylic acids is 1. The molecule has 0 saturated heterocycles. The Morgan fingerprint density at radius 1 is 1.26 bits per heavy atom.